The standard InChI is InChI=1S/C6H7Cl2P/c1-6(7,8)9-4-2-3-5-9/h2-5H,1H3. The Kier molecular flexibility index (Phi) is 2.10. The van der Waals surface area contributed by atoms with Crippen molar-refractivity contribution >= 4 is 30.7 Å². The van der Waals surface area contributed by atoms with Crippen molar-refractivity contribution in [1.29, 1.82) is 0 Å². The highest BCUT2D eigenvalue weighted by molar-refractivity contribution is 7.54. The van der Waals surface area contributed by atoms with Crippen LogP contribution in [0.5, 0.6) is 0 Å². The van der Waals surface area contributed by atoms with E-state index in [4.69, 9.17) is 23.2 Å². The van der Waals surface area contributed by atoms with Gasteiger partial charge in [0.15, 0.2) is 4.07 Å². The molecule has 0 amide bonds. The molecule has 0 saturated heterocycles. The van der Waals surface area contributed by atoms with Gasteiger partial charge in [0, 0.05) is 0 Å². The Labute approximate surface area is 65.8 Å². The van der Waals surface area contributed by atoms with Gasteiger partial charge in [-0.1, -0.05) is 42.9 Å². The predicted molar refractivity (Wildman–Crippen MR) is 44.5 cm³/mol. The Bertz CT molecular complexity index is 173. The molecule has 0 bridgehead atoms. The Morgan fingerprint density at radius 2 is 1.67 bits per heavy atom. The molecule has 1 rings (SSSR count). The molecule has 0 saturated carbocycles. The molecule has 1 heterocycles. The zero-order valence-electron chi connectivity index (χ0n) is 5.01. The first kappa shape index (κ1) is 7.47. The van der Waals surface area contributed by atoms with Crippen molar-refractivity contribution in [2.24, 2.45) is 0 Å². The second kappa shape index (κ2) is 2.54. The fraction of sp³-hybridized carbons (Fsp3) is 0.333. The fourth-order valence-corrected chi connectivity index (χ4v) is 2.46. The number of hydrogen-bond acceptors (Lipinski definition) is 0. The summed E-state index contributed by atoms with van der Waals surface area (Å²) in [5.74, 6) is 4.10. The maximum atomic E-state index is 5.83. The Morgan fingerprint density at radius 3 is 1.89 bits per heavy atom. The minimum absolute atomic E-state index is 0.416. The minimum atomic E-state index is -0.584. The van der Waals surface area contributed by atoms with Crippen molar-refractivity contribution in [3.63, 3.8) is 0 Å². The van der Waals surface area contributed by atoms with E-state index in [9.17, 15) is 0 Å². The molecule has 0 radical (unpaired) electrons. The van der Waals surface area contributed by atoms with Crippen LogP contribution in [0.2, 0.25) is 0 Å². The third-order valence-electron chi connectivity index (χ3n) is 1.06. The van der Waals surface area contributed by atoms with Crippen molar-refractivity contribution in [1.82, 2.24) is 0 Å². The Balaban J connectivity index is 2.90. The van der Waals surface area contributed by atoms with Crippen molar-refractivity contribution in [2.45, 2.75) is 11.0 Å². The van der Waals surface area contributed by atoms with Crippen LogP contribution in [0.25, 0.3) is 0 Å². The highest BCUT2D eigenvalue weighted by Gasteiger charge is 2.17. The molecule has 0 atom stereocenters. The minimum Gasteiger partial charge on any atom is -0.0923 e. The number of rotatable bonds is 1. The van der Waals surface area contributed by atoms with Gasteiger partial charge in [0.05, 0.1) is 0 Å². The van der Waals surface area contributed by atoms with Gasteiger partial charge in [0.2, 0.25) is 0 Å². The van der Waals surface area contributed by atoms with Crippen molar-refractivity contribution in [3.05, 3.63) is 23.7 Å². The molecule has 1 aromatic rings. The third-order valence-corrected chi connectivity index (χ3v) is 4.12. The number of alkyl halides is 2. The summed E-state index contributed by atoms with van der Waals surface area (Å²) in [6.45, 7) is 1.82. The van der Waals surface area contributed by atoms with Gasteiger partial charge in [0.25, 0.3) is 0 Å². The summed E-state index contributed by atoms with van der Waals surface area (Å²) >= 11 is 11.7. The summed E-state index contributed by atoms with van der Waals surface area (Å²) < 4.78 is -0.584. The van der Waals surface area contributed by atoms with E-state index >= 15 is 0 Å². The molecular weight excluding hydrogens is 174 g/mol. The van der Waals surface area contributed by atoms with Gasteiger partial charge < -0.3 is 0 Å². The van der Waals surface area contributed by atoms with E-state index in [0.29, 0.717) is 0 Å². The molecule has 0 N–H and O–H groups in total. The normalized spacial score (nSPS) is 11.9. The van der Waals surface area contributed by atoms with E-state index < -0.39 is 11.6 Å². The maximum Gasteiger partial charge on any atom is 0.152 e. The molecule has 0 aliphatic rings. The second-order valence-electron chi connectivity index (χ2n) is 1.93. The van der Waals surface area contributed by atoms with Gasteiger partial charge in [0.1, 0.15) is 0 Å². The predicted octanol–water partition coefficient (Wildman–Crippen LogP) is 3.78. The van der Waals surface area contributed by atoms with Crippen molar-refractivity contribution in [3.8, 4) is 0 Å². The summed E-state index contributed by atoms with van der Waals surface area (Å²) in [5.41, 5.74) is 0. The summed E-state index contributed by atoms with van der Waals surface area (Å²) in [5, 5.41) is 0. The molecule has 50 valence electrons. The first-order valence-corrected chi connectivity index (χ1v) is 4.85. The molecule has 3 heteroatoms. The van der Waals surface area contributed by atoms with Crippen LogP contribution in [0.4, 0.5) is 0 Å². The summed E-state index contributed by atoms with van der Waals surface area (Å²) in [7, 11) is -0.416. The lowest BCUT2D eigenvalue weighted by atomic mass is 10.7. The van der Waals surface area contributed by atoms with Crippen LogP contribution < -0.4 is 0 Å². The maximum absolute atomic E-state index is 5.83. The van der Waals surface area contributed by atoms with Gasteiger partial charge in [-0.05, 0) is 18.5 Å². The molecule has 0 nitrogen and oxygen atoms in total. The average molecular weight is 181 g/mol. The van der Waals surface area contributed by atoms with Gasteiger partial charge >= 0.3 is 0 Å². The lowest BCUT2D eigenvalue weighted by Crippen LogP contribution is -1.87. The van der Waals surface area contributed by atoms with Gasteiger partial charge in [-0.3, -0.25) is 0 Å². The first-order chi connectivity index (χ1) is 4.11. The van der Waals surface area contributed by atoms with E-state index in [1.54, 1.807) is 0 Å². The topological polar surface area (TPSA) is 0 Å². The summed E-state index contributed by atoms with van der Waals surface area (Å²) in [4.78, 5) is 0. The SMILES string of the molecule is CC(Cl)(Cl)p1cccc1. The van der Waals surface area contributed by atoms with Crippen LogP contribution in [0.15, 0.2) is 23.7 Å². The van der Waals surface area contributed by atoms with E-state index in [1.165, 1.54) is 0 Å². The molecule has 0 unspecified atom stereocenters. The molecule has 0 spiro atoms. The fourth-order valence-electron chi connectivity index (χ4n) is 0.596. The summed E-state index contributed by atoms with van der Waals surface area (Å²) in [6, 6.07) is 3.96. The van der Waals surface area contributed by atoms with Crippen molar-refractivity contribution < 1.29 is 0 Å². The van der Waals surface area contributed by atoms with E-state index in [1.807, 2.05) is 19.1 Å². The lowest BCUT2D eigenvalue weighted by Gasteiger charge is -2.10. The molecule has 9 heavy (non-hydrogen) atoms. The van der Waals surface area contributed by atoms with Crippen LogP contribution in [-0.4, -0.2) is 0 Å². The Hall–Kier alpha value is 0.360. The molecule has 0 fully saturated rings. The van der Waals surface area contributed by atoms with Gasteiger partial charge in [-0.15, -0.1) is 0 Å². The van der Waals surface area contributed by atoms with Crippen LogP contribution in [-0.2, 0) is 4.07 Å². The van der Waals surface area contributed by atoms with Crippen LogP contribution >= 0.6 is 30.7 Å². The third kappa shape index (κ3) is 1.89. The van der Waals surface area contributed by atoms with E-state index in [-0.39, 0.29) is 0 Å². The molecule has 1 aromatic heterocycles. The monoisotopic (exact) mass is 180 g/mol. The molecular formula is C6H7Cl2P. The van der Waals surface area contributed by atoms with Crippen LogP contribution in [0, 0.1) is 0 Å². The molecule has 0 aromatic carbocycles. The number of hydrogen-bond donors (Lipinski definition) is 0. The lowest BCUT2D eigenvalue weighted by molar-refractivity contribution is 1.19. The van der Waals surface area contributed by atoms with Crippen LogP contribution in [0.3, 0.4) is 0 Å². The highest BCUT2D eigenvalue weighted by Crippen LogP contribution is 2.50. The number of halogens is 2. The second-order valence-corrected chi connectivity index (χ2v) is 6.47. The largest absolute Gasteiger partial charge is 0.152 e. The van der Waals surface area contributed by atoms with Gasteiger partial charge in [-0.25, -0.2) is 0 Å². The molecule has 0 aliphatic carbocycles. The molecule has 0 aliphatic heterocycles. The van der Waals surface area contributed by atoms with E-state index in [0.717, 1.165) is 0 Å². The zero-order valence-corrected chi connectivity index (χ0v) is 7.42. The smallest absolute Gasteiger partial charge is 0.0923 e. The quantitative estimate of drug-likeness (QED) is 0.578. The Morgan fingerprint density at radius 1 is 1.22 bits per heavy atom. The summed E-state index contributed by atoms with van der Waals surface area (Å²) in [6.07, 6.45) is 0. The van der Waals surface area contributed by atoms with E-state index in [2.05, 4.69) is 11.6 Å². The van der Waals surface area contributed by atoms with Crippen LogP contribution in [0.1, 0.15) is 6.92 Å². The zero-order chi connectivity index (χ0) is 6.91. The van der Waals surface area contributed by atoms with Gasteiger partial charge in [-0.2, -0.15) is 0 Å². The highest BCUT2D eigenvalue weighted by atomic mass is 35.5. The first-order valence-electron chi connectivity index (χ1n) is 2.62. The van der Waals surface area contributed by atoms with Crippen molar-refractivity contribution in [2.75, 3.05) is 0 Å². The average Bonchev–Trinajstić information content (AvgIpc) is 2.08.